The monoisotopic (exact) mass is 483 g/mol. The van der Waals surface area contributed by atoms with Crippen LogP contribution in [0, 0.1) is 5.13 Å². The molecular formula is C28H26FN5S. The molecule has 0 aliphatic carbocycles. The number of hydrogen-bond donors (Lipinski definition) is 3. The van der Waals surface area contributed by atoms with Gasteiger partial charge in [0.2, 0.25) is 0 Å². The van der Waals surface area contributed by atoms with Crippen LogP contribution in [0.25, 0.3) is 49.3 Å². The number of aromatic nitrogens is 4. The molecule has 0 saturated carbocycles. The van der Waals surface area contributed by atoms with E-state index < -0.39 is 0 Å². The summed E-state index contributed by atoms with van der Waals surface area (Å²) in [6.45, 7) is 9.68. The van der Waals surface area contributed by atoms with E-state index in [4.69, 9.17) is 4.98 Å². The molecule has 5 aromatic rings. The van der Waals surface area contributed by atoms with Crippen molar-refractivity contribution in [2.45, 2.75) is 13.8 Å². The third kappa shape index (κ3) is 4.48. The highest BCUT2D eigenvalue weighted by molar-refractivity contribution is 7.14. The van der Waals surface area contributed by atoms with Crippen LogP contribution >= 0.6 is 11.3 Å². The van der Waals surface area contributed by atoms with Gasteiger partial charge in [-0.3, -0.25) is 5.10 Å². The molecule has 0 fully saturated rings. The van der Waals surface area contributed by atoms with Crippen LogP contribution in [0.4, 0.5) is 4.39 Å². The van der Waals surface area contributed by atoms with Crippen molar-refractivity contribution in [2.24, 2.45) is 0 Å². The highest BCUT2D eigenvalue weighted by atomic mass is 32.1. The second kappa shape index (κ2) is 9.82. The van der Waals surface area contributed by atoms with Crippen LogP contribution in [0.3, 0.4) is 0 Å². The lowest BCUT2D eigenvalue weighted by molar-refractivity contribution is 0.657. The van der Waals surface area contributed by atoms with E-state index >= 15 is 0 Å². The van der Waals surface area contributed by atoms with Gasteiger partial charge in [0.25, 0.3) is 0 Å². The average Bonchev–Trinajstić information content (AvgIpc) is 3.61. The first kappa shape index (κ1) is 23.0. The van der Waals surface area contributed by atoms with Gasteiger partial charge in [0.1, 0.15) is 11.2 Å². The summed E-state index contributed by atoms with van der Waals surface area (Å²) >= 11 is 1.15. The van der Waals surface area contributed by atoms with Gasteiger partial charge in [0, 0.05) is 27.9 Å². The number of nitrogens with zero attached hydrogens (tertiary/aromatic N) is 2. The van der Waals surface area contributed by atoms with Gasteiger partial charge < -0.3 is 10.3 Å². The number of nitrogens with one attached hydrogen (secondary N) is 3. The van der Waals surface area contributed by atoms with Crippen molar-refractivity contribution in [3.63, 3.8) is 0 Å². The first-order chi connectivity index (χ1) is 17.1. The van der Waals surface area contributed by atoms with Gasteiger partial charge in [0.15, 0.2) is 5.13 Å². The summed E-state index contributed by atoms with van der Waals surface area (Å²) < 4.78 is 13.7. The summed E-state index contributed by atoms with van der Waals surface area (Å²) in [7, 11) is 0. The zero-order valence-corrected chi connectivity index (χ0v) is 20.5. The van der Waals surface area contributed by atoms with E-state index in [1.165, 1.54) is 6.07 Å². The number of hydrogen-bond acceptors (Lipinski definition) is 4. The number of halogens is 1. The zero-order valence-electron chi connectivity index (χ0n) is 19.7. The van der Waals surface area contributed by atoms with Crippen LogP contribution in [-0.4, -0.2) is 33.3 Å². The summed E-state index contributed by atoms with van der Waals surface area (Å²) in [6, 6.07) is 15.4. The fourth-order valence-electron chi connectivity index (χ4n) is 4.16. The van der Waals surface area contributed by atoms with E-state index in [1.807, 2.05) is 49.4 Å². The number of fused-ring (bicyclic) bond motifs is 2. The van der Waals surface area contributed by atoms with Crippen molar-refractivity contribution < 1.29 is 4.39 Å². The molecule has 0 radical (unpaired) electrons. The molecule has 0 unspecified atom stereocenters. The van der Waals surface area contributed by atoms with Gasteiger partial charge in [-0.05, 0) is 67.1 Å². The number of rotatable bonds is 8. The molecule has 0 spiro atoms. The van der Waals surface area contributed by atoms with Crippen LogP contribution in [0.5, 0.6) is 0 Å². The van der Waals surface area contributed by atoms with Gasteiger partial charge in [-0.15, -0.1) is 11.3 Å². The molecular weight excluding hydrogens is 457 g/mol. The van der Waals surface area contributed by atoms with Crippen LogP contribution in [-0.2, 0) is 0 Å². The van der Waals surface area contributed by atoms with Crippen LogP contribution in [0.1, 0.15) is 19.5 Å². The Bertz CT molecular complexity index is 1580. The minimum absolute atomic E-state index is 0.193. The molecule has 0 amide bonds. The summed E-state index contributed by atoms with van der Waals surface area (Å²) in [4.78, 5) is 9.34. The molecule has 0 atom stereocenters. The Balaban J connectivity index is 1.58. The molecule has 3 N–H and O–H groups in total. The van der Waals surface area contributed by atoms with Crippen LogP contribution < -0.4 is 5.32 Å². The molecule has 4 aromatic heterocycles. The van der Waals surface area contributed by atoms with E-state index in [0.29, 0.717) is 0 Å². The fourth-order valence-corrected chi connectivity index (χ4v) is 4.93. The Kier molecular flexibility index (Phi) is 6.44. The fraction of sp³-hybridized carbons (Fsp3) is 0.143. The highest BCUT2D eigenvalue weighted by Crippen LogP contribution is 2.36. The van der Waals surface area contributed by atoms with E-state index in [0.717, 1.165) is 85.0 Å². The molecule has 0 aliphatic heterocycles. The maximum Gasteiger partial charge on any atom is 0.176 e. The van der Waals surface area contributed by atoms with Gasteiger partial charge in [-0.2, -0.15) is 9.49 Å². The second-order valence-electron chi connectivity index (χ2n) is 8.17. The molecule has 176 valence electrons. The largest absolute Gasteiger partial charge is 0.353 e. The third-order valence-electron chi connectivity index (χ3n) is 5.95. The van der Waals surface area contributed by atoms with Gasteiger partial charge in [0.05, 0.1) is 16.9 Å². The number of allylic oxidation sites excluding steroid dienone is 3. The normalized spacial score (nSPS) is 12.7. The summed E-state index contributed by atoms with van der Waals surface area (Å²) in [5.74, 6) is 0. The number of benzene rings is 1. The molecule has 0 saturated heterocycles. The lowest BCUT2D eigenvalue weighted by Crippen LogP contribution is -2.15. The number of aromatic amines is 2. The molecule has 0 bridgehead atoms. The molecule has 35 heavy (non-hydrogen) atoms. The maximum atomic E-state index is 13.7. The Labute approximate surface area is 207 Å². The minimum Gasteiger partial charge on any atom is -0.353 e. The van der Waals surface area contributed by atoms with Crippen molar-refractivity contribution in [1.82, 2.24) is 25.5 Å². The smallest absolute Gasteiger partial charge is 0.176 e. The van der Waals surface area contributed by atoms with Crippen molar-refractivity contribution in [3.05, 3.63) is 89.7 Å². The predicted octanol–water partition coefficient (Wildman–Crippen LogP) is 7.10. The highest BCUT2D eigenvalue weighted by Gasteiger charge is 2.16. The topological polar surface area (TPSA) is 69.4 Å². The first-order valence-corrected chi connectivity index (χ1v) is 12.4. The number of thiophene rings is 1. The van der Waals surface area contributed by atoms with Crippen LogP contribution in [0.15, 0.2) is 78.9 Å². The van der Waals surface area contributed by atoms with E-state index in [9.17, 15) is 4.39 Å². The Morgan fingerprint density at radius 2 is 2.06 bits per heavy atom. The third-order valence-corrected chi connectivity index (χ3v) is 6.86. The Hall–Kier alpha value is -3.81. The summed E-state index contributed by atoms with van der Waals surface area (Å²) in [6.07, 6.45) is 6.03. The zero-order chi connectivity index (χ0) is 24.4. The summed E-state index contributed by atoms with van der Waals surface area (Å²) in [5.41, 5.74) is 8.20. The maximum absolute atomic E-state index is 13.7. The SMILES string of the molecule is C=C/C(=C\C(=C/C)c1ccc2[nH]nc(-c3cc4c(-c5ccc(F)s5)cccc4[nH]3)c2n1)CNCC. The molecule has 7 heteroatoms. The predicted molar refractivity (Wildman–Crippen MR) is 145 cm³/mol. The number of likely N-dealkylation sites (N-methyl/N-ethyl adjacent to an activating group) is 1. The second-order valence-corrected chi connectivity index (χ2v) is 9.20. The van der Waals surface area contributed by atoms with Gasteiger partial charge in [-0.25, -0.2) is 4.98 Å². The Morgan fingerprint density at radius 1 is 1.17 bits per heavy atom. The van der Waals surface area contributed by atoms with Crippen molar-refractivity contribution in [1.29, 1.82) is 0 Å². The summed E-state index contributed by atoms with van der Waals surface area (Å²) in [5, 5.41) is 11.8. The lowest BCUT2D eigenvalue weighted by Gasteiger charge is -2.06. The van der Waals surface area contributed by atoms with Gasteiger partial charge >= 0.3 is 0 Å². The van der Waals surface area contributed by atoms with E-state index in [-0.39, 0.29) is 5.13 Å². The number of H-pyrrole nitrogens is 2. The van der Waals surface area contributed by atoms with E-state index in [2.05, 4.69) is 52.2 Å². The van der Waals surface area contributed by atoms with Crippen LogP contribution in [0.2, 0.25) is 0 Å². The molecule has 5 rings (SSSR count). The Morgan fingerprint density at radius 3 is 2.80 bits per heavy atom. The van der Waals surface area contributed by atoms with Crippen molar-refractivity contribution in [3.8, 4) is 21.8 Å². The molecule has 4 heterocycles. The lowest BCUT2D eigenvalue weighted by atomic mass is 10.1. The minimum atomic E-state index is -0.193. The number of pyridine rings is 1. The molecule has 0 aliphatic rings. The average molecular weight is 484 g/mol. The van der Waals surface area contributed by atoms with Crippen molar-refractivity contribution >= 4 is 38.8 Å². The van der Waals surface area contributed by atoms with Crippen molar-refractivity contribution in [2.75, 3.05) is 13.1 Å². The van der Waals surface area contributed by atoms with E-state index in [1.54, 1.807) is 0 Å². The molecule has 5 nitrogen and oxygen atoms in total. The first-order valence-electron chi connectivity index (χ1n) is 11.5. The quantitative estimate of drug-likeness (QED) is 0.206. The van der Waals surface area contributed by atoms with Gasteiger partial charge in [-0.1, -0.05) is 37.8 Å². The molecule has 1 aromatic carbocycles. The standard InChI is InChI=1S/C28H26FN5S/c1-4-17(16-30-6-3)14-18(5-2)21-10-11-23-27(32-21)28(34-33-23)24-15-20-19(8-7-9-22(20)31-24)25-12-13-26(29)35-25/h4-5,7-15,30-31H,1,6,16H2,2-3H3,(H,33,34)/b17-14+,18-5+.